The van der Waals surface area contributed by atoms with Crippen molar-refractivity contribution in [2.45, 2.75) is 32.2 Å². The van der Waals surface area contributed by atoms with E-state index in [0.717, 1.165) is 29.2 Å². The molecule has 9 heteroatoms. The Bertz CT molecular complexity index is 1020. The van der Waals surface area contributed by atoms with Crippen molar-refractivity contribution in [1.82, 2.24) is 25.3 Å². The average molecular weight is 390 g/mol. The second kappa shape index (κ2) is 6.69. The van der Waals surface area contributed by atoms with E-state index in [9.17, 15) is 9.59 Å². The van der Waals surface area contributed by atoms with Crippen LogP contribution in [0.25, 0.3) is 5.82 Å². The highest BCUT2D eigenvalue weighted by Gasteiger charge is 2.26. The van der Waals surface area contributed by atoms with Gasteiger partial charge in [0.1, 0.15) is 0 Å². The van der Waals surface area contributed by atoms with Gasteiger partial charge in [-0.25, -0.2) is 9.78 Å². The maximum atomic E-state index is 12.8. The Morgan fingerprint density at radius 1 is 1.46 bits per heavy atom. The maximum Gasteiger partial charge on any atom is 0.264 e. The van der Waals surface area contributed by atoms with Crippen LogP contribution < -0.4 is 10.9 Å². The highest BCUT2D eigenvalue weighted by molar-refractivity contribution is 7.16. The molecule has 1 atom stereocenters. The summed E-state index contributed by atoms with van der Waals surface area (Å²) >= 11 is 7.72. The molecule has 0 radical (unpaired) electrons. The first kappa shape index (κ1) is 17.0. The van der Waals surface area contributed by atoms with Gasteiger partial charge in [-0.1, -0.05) is 11.6 Å². The first-order valence-corrected chi connectivity index (χ1v) is 9.42. The molecule has 0 saturated carbocycles. The van der Waals surface area contributed by atoms with Gasteiger partial charge in [0.25, 0.3) is 11.5 Å². The van der Waals surface area contributed by atoms with Crippen molar-refractivity contribution >= 4 is 28.8 Å². The van der Waals surface area contributed by atoms with E-state index in [1.54, 1.807) is 24.3 Å². The van der Waals surface area contributed by atoms with Crippen molar-refractivity contribution in [2.75, 3.05) is 0 Å². The molecule has 3 heterocycles. The number of hydrogen-bond acceptors (Lipinski definition) is 5. The van der Waals surface area contributed by atoms with Crippen LogP contribution in [0.2, 0.25) is 4.34 Å². The standard InChI is InChI=1S/C17H16ClN5O2S/c1-9-11(8-19-23(9)15-5-6-16(24)22-21-15)17(25)20-12-3-2-4-13-10(12)7-14(18)26-13/h5-8,12H,2-4H2,1H3,(H,20,25)(H,22,24). The molecule has 1 aliphatic rings. The first-order chi connectivity index (χ1) is 12.5. The van der Waals surface area contributed by atoms with Crippen LogP contribution in [-0.2, 0) is 6.42 Å². The molecule has 1 aliphatic carbocycles. The van der Waals surface area contributed by atoms with E-state index < -0.39 is 0 Å². The number of nitrogens with zero attached hydrogens (tertiary/aromatic N) is 3. The van der Waals surface area contributed by atoms with Gasteiger partial charge in [0.05, 0.1) is 27.8 Å². The minimum Gasteiger partial charge on any atom is -0.345 e. The average Bonchev–Trinajstić information content (AvgIpc) is 3.18. The van der Waals surface area contributed by atoms with E-state index in [1.165, 1.54) is 21.8 Å². The molecule has 4 rings (SSSR count). The molecule has 3 aromatic rings. The molecule has 134 valence electrons. The summed E-state index contributed by atoms with van der Waals surface area (Å²) in [6.45, 7) is 1.79. The molecule has 0 bridgehead atoms. The number of hydrogen-bond donors (Lipinski definition) is 2. The normalized spacial score (nSPS) is 16.3. The van der Waals surface area contributed by atoms with Crippen molar-refractivity contribution in [3.05, 3.63) is 60.8 Å². The van der Waals surface area contributed by atoms with Crippen LogP contribution in [0, 0.1) is 6.92 Å². The van der Waals surface area contributed by atoms with E-state index in [1.807, 2.05) is 6.07 Å². The van der Waals surface area contributed by atoms with Gasteiger partial charge in [-0.2, -0.15) is 10.2 Å². The molecule has 0 saturated heterocycles. The van der Waals surface area contributed by atoms with E-state index in [2.05, 4.69) is 20.6 Å². The summed E-state index contributed by atoms with van der Waals surface area (Å²) in [7, 11) is 0. The number of H-pyrrole nitrogens is 1. The zero-order chi connectivity index (χ0) is 18.3. The molecule has 3 aromatic heterocycles. The predicted octanol–water partition coefficient (Wildman–Crippen LogP) is 2.79. The van der Waals surface area contributed by atoms with Gasteiger partial charge in [0.2, 0.25) is 0 Å². The molecule has 0 fully saturated rings. The topological polar surface area (TPSA) is 92.7 Å². The first-order valence-electron chi connectivity index (χ1n) is 8.22. The summed E-state index contributed by atoms with van der Waals surface area (Å²) in [6, 6.07) is 4.84. The number of amides is 1. The van der Waals surface area contributed by atoms with Crippen molar-refractivity contribution in [1.29, 1.82) is 0 Å². The van der Waals surface area contributed by atoms with Gasteiger partial charge < -0.3 is 5.32 Å². The lowest BCUT2D eigenvalue weighted by atomic mass is 9.94. The lowest BCUT2D eigenvalue weighted by Crippen LogP contribution is -2.30. The Balaban J connectivity index is 1.58. The Labute approximate surface area is 158 Å². The zero-order valence-electron chi connectivity index (χ0n) is 14.0. The zero-order valence-corrected chi connectivity index (χ0v) is 15.5. The summed E-state index contributed by atoms with van der Waals surface area (Å²) in [6.07, 6.45) is 4.44. The number of aromatic amines is 1. The fraction of sp³-hybridized carbons (Fsp3) is 0.294. The van der Waals surface area contributed by atoms with E-state index in [4.69, 9.17) is 11.6 Å². The third-order valence-electron chi connectivity index (χ3n) is 4.52. The molecule has 26 heavy (non-hydrogen) atoms. The number of fused-ring (bicyclic) bond motifs is 1. The number of thiophene rings is 1. The molecule has 7 nitrogen and oxygen atoms in total. The van der Waals surface area contributed by atoms with Gasteiger partial charge in [-0.15, -0.1) is 11.3 Å². The van der Waals surface area contributed by atoms with E-state index in [-0.39, 0.29) is 17.5 Å². The smallest absolute Gasteiger partial charge is 0.264 e. The van der Waals surface area contributed by atoms with Gasteiger partial charge in [-0.3, -0.25) is 9.59 Å². The number of aryl methyl sites for hydroxylation is 1. The van der Waals surface area contributed by atoms with Gasteiger partial charge in [-0.05, 0) is 43.9 Å². The molecular weight excluding hydrogens is 374 g/mol. The number of halogens is 1. The summed E-state index contributed by atoms with van der Waals surface area (Å²) in [5.74, 6) is 0.268. The molecule has 0 spiro atoms. The van der Waals surface area contributed by atoms with Gasteiger partial charge in [0.15, 0.2) is 5.82 Å². The fourth-order valence-corrected chi connectivity index (χ4v) is 4.61. The maximum absolute atomic E-state index is 12.8. The third kappa shape index (κ3) is 3.06. The Morgan fingerprint density at radius 3 is 3.08 bits per heavy atom. The number of aromatic nitrogens is 4. The fourth-order valence-electron chi connectivity index (χ4n) is 3.23. The summed E-state index contributed by atoms with van der Waals surface area (Å²) in [5, 5.41) is 13.6. The van der Waals surface area contributed by atoms with Gasteiger partial charge >= 0.3 is 0 Å². The number of carbonyl (C=O) groups excluding carboxylic acids is 1. The van der Waals surface area contributed by atoms with Crippen molar-refractivity contribution in [3.63, 3.8) is 0 Å². The number of nitrogens with one attached hydrogen (secondary N) is 2. The van der Waals surface area contributed by atoms with E-state index >= 15 is 0 Å². The Morgan fingerprint density at radius 2 is 2.31 bits per heavy atom. The van der Waals surface area contributed by atoms with Crippen LogP contribution >= 0.6 is 22.9 Å². The summed E-state index contributed by atoms with van der Waals surface area (Å²) in [5.41, 5.74) is 1.96. The van der Waals surface area contributed by atoms with Crippen LogP contribution in [0.3, 0.4) is 0 Å². The Kier molecular flexibility index (Phi) is 4.37. The van der Waals surface area contributed by atoms with E-state index in [0.29, 0.717) is 17.1 Å². The van der Waals surface area contributed by atoms with Crippen LogP contribution in [0.15, 0.2) is 29.2 Å². The highest BCUT2D eigenvalue weighted by atomic mass is 35.5. The minimum atomic E-state index is -0.293. The van der Waals surface area contributed by atoms with Crippen LogP contribution in [0.4, 0.5) is 0 Å². The summed E-state index contributed by atoms with van der Waals surface area (Å²) in [4.78, 5) is 25.2. The molecule has 0 aromatic carbocycles. The predicted molar refractivity (Wildman–Crippen MR) is 99.2 cm³/mol. The number of rotatable bonds is 3. The lowest BCUT2D eigenvalue weighted by molar-refractivity contribution is 0.0932. The summed E-state index contributed by atoms with van der Waals surface area (Å²) < 4.78 is 2.28. The molecule has 2 N–H and O–H groups in total. The van der Waals surface area contributed by atoms with Crippen molar-refractivity contribution in [2.24, 2.45) is 0 Å². The lowest BCUT2D eigenvalue weighted by Gasteiger charge is -2.23. The molecule has 1 unspecified atom stereocenters. The van der Waals surface area contributed by atoms with Crippen LogP contribution in [-0.4, -0.2) is 25.9 Å². The largest absolute Gasteiger partial charge is 0.345 e. The van der Waals surface area contributed by atoms with Crippen molar-refractivity contribution < 1.29 is 4.79 Å². The van der Waals surface area contributed by atoms with Crippen molar-refractivity contribution in [3.8, 4) is 5.82 Å². The molecule has 0 aliphatic heterocycles. The van der Waals surface area contributed by atoms with Gasteiger partial charge in [0, 0.05) is 10.9 Å². The quantitative estimate of drug-likeness (QED) is 0.720. The van der Waals surface area contributed by atoms with Crippen LogP contribution in [0.5, 0.6) is 0 Å². The highest BCUT2D eigenvalue weighted by Crippen LogP contribution is 2.37. The second-order valence-electron chi connectivity index (χ2n) is 6.18. The minimum absolute atomic E-state index is 0.0380. The SMILES string of the molecule is Cc1c(C(=O)NC2CCCc3sc(Cl)cc32)cnn1-c1ccc(=O)[nH]n1. The molecule has 1 amide bonds. The number of carbonyl (C=O) groups is 1. The second-order valence-corrected chi connectivity index (χ2v) is 7.95. The van der Waals surface area contributed by atoms with Crippen LogP contribution in [0.1, 0.15) is 45.4 Å². The third-order valence-corrected chi connectivity index (χ3v) is 5.86. The Hall–Kier alpha value is -2.45. The molecular formula is C17H16ClN5O2S. The monoisotopic (exact) mass is 389 g/mol.